The summed E-state index contributed by atoms with van der Waals surface area (Å²) >= 11 is 5.88. The maximum Gasteiger partial charge on any atom is 0.148 e. The van der Waals surface area contributed by atoms with Gasteiger partial charge in [0.15, 0.2) is 0 Å². The van der Waals surface area contributed by atoms with Crippen LogP contribution in [0.4, 0.5) is 13.2 Å². The SMILES string of the molecule is CCOc1c(C)cc(C(CN)c2ccc(F)cc2)nc1-c1cc(Cl)c(F)cc1F. The molecule has 1 unspecified atom stereocenters. The van der Waals surface area contributed by atoms with Crippen molar-refractivity contribution in [2.45, 2.75) is 19.8 Å². The molecule has 0 saturated heterocycles. The van der Waals surface area contributed by atoms with E-state index in [0.29, 0.717) is 23.6 Å². The fourth-order valence-electron chi connectivity index (χ4n) is 3.20. The van der Waals surface area contributed by atoms with E-state index in [2.05, 4.69) is 4.98 Å². The van der Waals surface area contributed by atoms with Gasteiger partial charge < -0.3 is 10.5 Å². The summed E-state index contributed by atoms with van der Waals surface area (Å²) in [7, 11) is 0. The lowest BCUT2D eigenvalue weighted by Gasteiger charge is -2.20. The zero-order valence-corrected chi connectivity index (χ0v) is 16.7. The molecule has 29 heavy (non-hydrogen) atoms. The van der Waals surface area contributed by atoms with Crippen molar-refractivity contribution in [3.63, 3.8) is 0 Å². The summed E-state index contributed by atoms with van der Waals surface area (Å²) in [5, 5.41) is -0.220. The van der Waals surface area contributed by atoms with Gasteiger partial charge in [-0.05, 0) is 49.2 Å². The Morgan fingerprint density at radius 3 is 2.38 bits per heavy atom. The van der Waals surface area contributed by atoms with Gasteiger partial charge in [-0.1, -0.05) is 23.7 Å². The van der Waals surface area contributed by atoms with Gasteiger partial charge in [0.2, 0.25) is 0 Å². The van der Waals surface area contributed by atoms with Crippen molar-refractivity contribution in [2.75, 3.05) is 13.2 Å². The van der Waals surface area contributed by atoms with Crippen molar-refractivity contribution in [2.24, 2.45) is 5.73 Å². The smallest absolute Gasteiger partial charge is 0.148 e. The third kappa shape index (κ3) is 4.38. The molecule has 152 valence electrons. The van der Waals surface area contributed by atoms with Crippen LogP contribution >= 0.6 is 11.6 Å². The van der Waals surface area contributed by atoms with E-state index in [1.54, 1.807) is 32.0 Å². The molecule has 7 heteroatoms. The Labute approximate surface area is 172 Å². The monoisotopic (exact) mass is 420 g/mol. The van der Waals surface area contributed by atoms with Crippen LogP contribution in [-0.2, 0) is 0 Å². The second-order valence-corrected chi connectivity index (χ2v) is 6.97. The molecule has 2 aromatic carbocycles. The van der Waals surface area contributed by atoms with Gasteiger partial charge in [0.1, 0.15) is 28.9 Å². The molecule has 0 bridgehead atoms. The lowest BCUT2D eigenvalue weighted by molar-refractivity contribution is 0.337. The van der Waals surface area contributed by atoms with E-state index in [1.807, 2.05) is 0 Å². The number of ether oxygens (including phenoxy) is 1. The van der Waals surface area contributed by atoms with Crippen molar-refractivity contribution < 1.29 is 17.9 Å². The maximum atomic E-state index is 14.6. The zero-order valence-electron chi connectivity index (χ0n) is 16.0. The first-order valence-corrected chi connectivity index (χ1v) is 9.48. The number of halogens is 4. The number of aromatic nitrogens is 1. The highest BCUT2D eigenvalue weighted by molar-refractivity contribution is 6.31. The highest BCUT2D eigenvalue weighted by atomic mass is 35.5. The Kier molecular flexibility index (Phi) is 6.45. The van der Waals surface area contributed by atoms with Crippen LogP contribution < -0.4 is 10.5 Å². The number of aryl methyl sites for hydroxylation is 1. The highest BCUT2D eigenvalue weighted by Gasteiger charge is 2.22. The van der Waals surface area contributed by atoms with E-state index in [1.165, 1.54) is 18.2 Å². The molecule has 2 N–H and O–H groups in total. The first kappa shape index (κ1) is 21.1. The molecule has 0 aliphatic carbocycles. The molecular weight excluding hydrogens is 401 g/mol. The van der Waals surface area contributed by atoms with E-state index in [4.69, 9.17) is 22.1 Å². The average molecular weight is 421 g/mol. The van der Waals surface area contributed by atoms with Crippen LogP contribution in [0, 0.1) is 24.4 Å². The van der Waals surface area contributed by atoms with Gasteiger partial charge >= 0.3 is 0 Å². The summed E-state index contributed by atoms with van der Waals surface area (Å²) < 4.78 is 47.2. The van der Waals surface area contributed by atoms with E-state index in [-0.39, 0.29) is 34.6 Å². The molecule has 0 fully saturated rings. The third-order valence-corrected chi connectivity index (χ3v) is 4.89. The second-order valence-electron chi connectivity index (χ2n) is 6.56. The van der Waals surface area contributed by atoms with Crippen molar-refractivity contribution in [1.29, 1.82) is 0 Å². The number of rotatable bonds is 6. The molecule has 0 spiro atoms. The van der Waals surface area contributed by atoms with Crippen LogP contribution in [0.5, 0.6) is 5.75 Å². The first-order chi connectivity index (χ1) is 13.8. The molecule has 0 amide bonds. The van der Waals surface area contributed by atoms with E-state index < -0.39 is 11.6 Å². The molecule has 0 aliphatic rings. The van der Waals surface area contributed by atoms with Crippen molar-refractivity contribution in [3.05, 3.63) is 81.8 Å². The fraction of sp³-hybridized carbons (Fsp3) is 0.227. The maximum absolute atomic E-state index is 14.6. The third-order valence-electron chi connectivity index (χ3n) is 4.60. The van der Waals surface area contributed by atoms with E-state index >= 15 is 0 Å². The fourth-order valence-corrected chi connectivity index (χ4v) is 3.36. The Bertz CT molecular complexity index is 1030. The Balaban J connectivity index is 2.21. The van der Waals surface area contributed by atoms with Crippen LogP contribution in [-0.4, -0.2) is 18.1 Å². The number of hydrogen-bond donors (Lipinski definition) is 1. The molecule has 0 radical (unpaired) electrons. The Hall–Kier alpha value is -2.57. The van der Waals surface area contributed by atoms with E-state index in [0.717, 1.165) is 11.6 Å². The topological polar surface area (TPSA) is 48.1 Å². The lowest BCUT2D eigenvalue weighted by atomic mass is 9.93. The van der Waals surface area contributed by atoms with Crippen molar-refractivity contribution in [3.8, 4) is 17.0 Å². The molecule has 3 nitrogen and oxygen atoms in total. The van der Waals surface area contributed by atoms with Crippen LogP contribution in [0.3, 0.4) is 0 Å². The molecule has 0 saturated carbocycles. The standard InChI is InChI=1S/C22H20ClF3N2O/c1-3-29-22-12(2)8-20(16(11-27)13-4-6-14(24)7-5-13)28-21(22)15-9-17(23)19(26)10-18(15)25/h4-10,16H,3,11,27H2,1-2H3. The van der Waals surface area contributed by atoms with E-state index in [9.17, 15) is 13.2 Å². The van der Waals surface area contributed by atoms with Crippen LogP contribution in [0.1, 0.15) is 29.7 Å². The van der Waals surface area contributed by atoms with Crippen LogP contribution in [0.15, 0.2) is 42.5 Å². The number of nitrogens with two attached hydrogens (primary N) is 1. The summed E-state index contributed by atoms with van der Waals surface area (Å²) in [4.78, 5) is 4.60. The minimum Gasteiger partial charge on any atom is -0.491 e. The molecule has 1 heterocycles. The molecule has 0 aliphatic heterocycles. The van der Waals surface area contributed by atoms with Gasteiger partial charge in [0, 0.05) is 24.1 Å². The van der Waals surface area contributed by atoms with Gasteiger partial charge in [-0.15, -0.1) is 0 Å². The summed E-state index contributed by atoms with van der Waals surface area (Å²) in [5.74, 6) is -1.98. The quantitative estimate of drug-likeness (QED) is 0.527. The zero-order chi connectivity index (χ0) is 21.1. The minimum atomic E-state index is -0.857. The second kappa shape index (κ2) is 8.84. The van der Waals surface area contributed by atoms with Gasteiger partial charge in [-0.3, -0.25) is 0 Å². The normalized spacial score (nSPS) is 12.1. The Morgan fingerprint density at radius 2 is 1.76 bits per heavy atom. The lowest BCUT2D eigenvalue weighted by Crippen LogP contribution is -2.16. The Morgan fingerprint density at radius 1 is 1.07 bits per heavy atom. The number of benzene rings is 2. The molecule has 1 aromatic heterocycles. The largest absolute Gasteiger partial charge is 0.491 e. The predicted octanol–water partition coefficient (Wildman–Crippen LogP) is 5.62. The predicted molar refractivity (Wildman–Crippen MR) is 108 cm³/mol. The van der Waals surface area contributed by atoms with Crippen LogP contribution in [0.25, 0.3) is 11.3 Å². The summed E-state index contributed by atoms with van der Waals surface area (Å²) in [6.07, 6.45) is 0. The van der Waals surface area contributed by atoms with Crippen LogP contribution in [0.2, 0.25) is 5.02 Å². The highest BCUT2D eigenvalue weighted by Crippen LogP contribution is 2.37. The van der Waals surface area contributed by atoms with Crippen molar-refractivity contribution in [1.82, 2.24) is 4.98 Å². The first-order valence-electron chi connectivity index (χ1n) is 9.10. The number of nitrogens with zero attached hydrogens (tertiary/aromatic N) is 1. The summed E-state index contributed by atoms with van der Waals surface area (Å²) in [6, 6.07) is 9.68. The van der Waals surface area contributed by atoms with Gasteiger partial charge in [0.05, 0.1) is 17.3 Å². The van der Waals surface area contributed by atoms with Crippen molar-refractivity contribution >= 4 is 11.6 Å². The van der Waals surface area contributed by atoms with Gasteiger partial charge in [-0.25, -0.2) is 18.2 Å². The number of pyridine rings is 1. The molecule has 1 atom stereocenters. The minimum absolute atomic E-state index is 0.0275. The summed E-state index contributed by atoms with van der Waals surface area (Å²) in [6.45, 7) is 4.15. The average Bonchev–Trinajstić information content (AvgIpc) is 2.69. The number of hydrogen-bond acceptors (Lipinski definition) is 3. The molecule has 3 aromatic rings. The van der Waals surface area contributed by atoms with Gasteiger partial charge in [0.25, 0.3) is 0 Å². The summed E-state index contributed by atoms with van der Waals surface area (Å²) in [5.41, 5.74) is 8.26. The molecule has 3 rings (SSSR count). The molecular formula is C22H20ClF3N2O. The van der Waals surface area contributed by atoms with Gasteiger partial charge in [-0.2, -0.15) is 0 Å².